The quantitative estimate of drug-likeness (QED) is 0.246. The van der Waals surface area contributed by atoms with E-state index in [0.717, 1.165) is 30.7 Å². The third-order valence-corrected chi connectivity index (χ3v) is 8.15. The number of hydrogen-bond donors (Lipinski definition) is 0. The maximum atomic E-state index is 15.4. The number of nitrogens with zero attached hydrogens (tertiary/aromatic N) is 1. The van der Waals surface area contributed by atoms with Crippen molar-refractivity contribution in [1.29, 1.82) is 5.26 Å². The zero-order valence-electron chi connectivity index (χ0n) is 22.9. The van der Waals surface area contributed by atoms with E-state index in [9.17, 15) is 5.26 Å². The van der Waals surface area contributed by atoms with E-state index in [1.807, 2.05) is 24.3 Å². The molecule has 1 aliphatic rings. The second-order valence-electron chi connectivity index (χ2n) is 10.8. The Labute approximate surface area is 219 Å². The summed E-state index contributed by atoms with van der Waals surface area (Å²) in [4.78, 5) is 0. The van der Waals surface area contributed by atoms with Crippen LogP contribution in [0.3, 0.4) is 0 Å². The van der Waals surface area contributed by atoms with E-state index in [2.05, 4.69) is 26.0 Å². The van der Waals surface area contributed by atoms with Crippen molar-refractivity contribution in [2.45, 2.75) is 116 Å². The van der Waals surface area contributed by atoms with Crippen LogP contribution in [0.4, 0.5) is 4.39 Å². The number of ether oxygens (including phenoxy) is 1. The largest absolute Gasteiger partial charge is 0.493 e. The molecule has 1 aliphatic carbocycles. The van der Waals surface area contributed by atoms with Crippen LogP contribution in [0.5, 0.6) is 5.75 Å². The van der Waals surface area contributed by atoms with Crippen molar-refractivity contribution >= 4 is 0 Å². The highest BCUT2D eigenvalue weighted by molar-refractivity contribution is 5.77. The Morgan fingerprint density at radius 3 is 2.17 bits per heavy atom. The van der Waals surface area contributed by atoms with Crippen LogP contribution in [0, 0.1) is 23.1 Å². The van der Waals surface area contributed by atoms with Crippen molar-refractivity contribution < 1.29 is 9.13 Å². The molecule has 3 heteroatoms. The van der Waals surface area contributed by atoms with Gasteiger partial charge < -0.3 is 4.74 Å². The first-order valence-corrected chi connectivity index (χ1v) is 14.5. The van der Waals surface area contributed by atoms with Gasteiger partial charge in [-0.3, -0.25) is 0 Å². The normalized spacial score (nSPS) is 17.6. The molecule has 196 valence electrons. The van der Waals surface area contributed by atoms with E-state index < -0.39 is 0 Å². The Balaban J connectivity index is 1.67. The first kappa shape index (κ1) is 28.2. The SMILES string of the molecule is CCCCCCCCCCc1ccc(-c2ccc(C3CCC(CCC)CC3)cc2C#N)c(OC)c1F. The Hall–Kier alpha value is -2.34. The zero-order valence-corrected chi connectivity index (χ0v) is 22.9. The van der Waals surface area contributed by atoms with Gasteiger partial charge in [-0.1, -0.05) is 95.9 Å². The van der Waals surface area contributed by atoms with E-state index in [-0.39, 0.29) is 11.6 Å². The summed E-state index contributed by atoms with van der Waals surface area (Å²) in [6.07, 6.45) is 18.1. The lowest BCUT2D eigenvalue weighted by atomic mass is 9.76. The van der Waals surface area contributed by atoms with Crippen molar-refractivity contribution in [3.63, 3.8) is 0 Å². The summed E-state index contributed by atoms with van der Waals surface area (Å²) in [5.41, 5.74) is 3.99. The third-order valence-electron chi connectivity index (χ3n) is 8.15. The van der Waals surface area contributed by atoms with E-state index >= 15 is 4.39 Å². The maximum absolute atomic E-state index is 15.4. The van der Waals surface area contributed by atoms with Crippen LogP contribution < -0.4 is 4.74 Å². The number of methoxy groups -OCH3 is 1. The topological polar surface area (TPSA) is 33.0 Å². The molecular weight excluding hydrogens is 445 g/mol. The molecule has 1 fully saturated rings. The number of hydrogen-bond acceptors (Lipinski definition) is 2. The van der Waals surface area contributed by atoms with Crippen molar-refractivity contribution in [2.24, 2.45) is 5.92 Å². The summed E-state index contributed by atoms with van der Waals surface area (Å²) in [6, 6.07) is 12.4. The van der Waals surface area contributed by atoms with Gasteiger partial charge in [0.1, 0.15) is 0 Å². The van der Waals surface area contributed by atoms with Gasteiger partial charge in [-0.15, -0.1) is 0 Å². The molecule has 0 N–H and O–H groups in total. The van der Waals surface area contributed by atoms with Crippen LogP contribution in [0.2, 0.25) is 0 Å². The molecular formula is C33H46FNO. The lowest BCUT2D eigenvalue weighted by Crippen LogP contribution is -2.13. The van der Waals surface area contributed by atoms with Crippen LogP contribution in [0.25, 0.3) is 11.1 Å². The minimum atomic E-state index is -0.278. The van der Waals surface area contributed by atoms with Crippen LogP contribution in [-0.4, -0.2) is 7.11 Å². The van der Waals surface area contributed by atoms with Gasteiger partial charge in [0.15, 0.2) is 11.6 Å². The van der Waals surface area contributed by atoms with Crippen LogP contribution in [-0.2, 0) is 6.42 Å². The van der Waals surface area contributed by atoms with Crippen molar-refractivity contribution in [1.82, 2.24) is 0 Å². The van der Waals surface area contributed by atoms with Crippen molar-refractivity contribution in [3.8, 4) is 22.9 Å². The van der Waals surface area contributed by atoms with Gasteiger partial charge in [-0.05, 0) is 67.6 Å². The Morgan fingerprint density at radius 1 is 0.861 bits per heavy atom. The molecule has 2 nitrogen and oxygen atoms in total. The summed E-state index contributed by atoms with van der Waals surface area (Å²) >= 11 is 0. The molecule has 1 saturated carbocycles. The predicted octanol–water partition coefficient (Wildman–Crippen LogP) is 10.1. The number of aryl methyl sites for hydroxylation is 1. The minimum absolute atomic E-state index is 0.261. The summed E-state index contributed by atoms with van der Waals surface area (Å²) < 4.78 is 21.0. The number of halogens is 1. The Morgan fingerprint density at radius 2 is 1.53 bits per heavy atom. The number of unbranched alkanes of at least 4 members (excludes halogenated alkanes) is 7. The molecule has 2 aromatic carbocycles. The van der Waals surface area contributed by atoms with Gasteiger partial charge in [0.05, 0.1) is 18.7 Å². The van der Waals surface area contributed by atoms with Crippen LogP contribution in [0.1, 0.15) is 126 Å². The highest BCUT2D eigenvalue weighted by Gasteiger charge is 2.23. The Bertz CT molecular complexity index is 984. The number of nitriles is 1. The van der Waals surface area contributed by atoms with Gasteiger partial charge in [-0.25, -0.2) is 4.39 Å². The number of rotatable bonds is 14. The fourth-order valence-electron chi connectivity index (χ4n) is 5.99. The molecule has 0 spiro atoms. The molecule has 0 aromatic heterocycles. The maximum Gasteiger partial charge on any atom is 0.168 e. The van der Waals surface area contributed by atoms with Crippen molar-refractivity contribution in [3.05, 3.63) is 52.8 Å². The summed E-state index contributed by atoms with van der Waals surface area (Å²) in [5.74, 6) is 1.36. The molecule has 0 bridgehead atoms. The zero-order chi connectivity index (χ0) is 25.8. The average molecular weight is 492 g/mol. The van der Waals surface area contributed by atoms with Gasteiger partial charge in [0.25, 0.3) is 0 Å². The fourth-order valence-corrected chi connectivity index (χ4v) is 5.99. The molecule has 0 amide bonds. The van der Waals surface area contributed by atoms with Gasteiger partial charge in [-0.2, -0.15) is 5.26 Å². The van der Waals surface area contributed by atoms with Crippen LogP contribution >= 0.6 is 0 Å². The minimum Gasteiger partial charge on any atom is -0.493 e. The standard InChI is InChI=1S/C33H46FNO/c1-4-6-7-8-9-10-11-12-14-27-19-22-31(33(36-3)32(27)34)30-21-20-28(23-29(30)24-35)26-17-15-25(13-5-2)16-18-26/h19-23,25-26H,4-18H2,1-3H3. The lowest BCUT2D eigenvalue weighted by molar-refractivity contribution is 0.308. The molecule has 36 heavy (non-hydrogen) atoms. The second kappa shape index (κ2) is 15.0. The summed E-state index contributed by atoms with van der Waals surface area (Å²) in [7, 11) is 1.52. The van der Waals surface area contributed by atoms with Gasteiger partial charge in [0, 0.05) is 11.1 Å². The van der Waals surface area contributed by atoms with Crippen molar-refractivity contribution in [2.75, 3.05) is 7.11 Å². The summed E-state index contributed by atoms with van der Waals surface area (Å²) in [6.45, 7) is 4.51. The molecule has 0 unspecified atom stereocenters. The highest BCUT2D eigenvalue weighted by atomic mass is 19.1. The fraction of sp³-hybridized carbons (Fsp3) is 0.606. The predicted molar refractivity (Wildman–Crippen MR) is 149 cm³/mol. The molecule has 0 saturated heterocycles. The smallest absolute Gasteiger partial charge is 0.168 e. The molecule has 3 rings (SSSR count). The van der Waals surface area contributed by atoms with E-state index in [1.54, 1.807) is 0 Å². The van der Waals surface area contributed by atoms with Crippen LogP contribution in [0.15, 0.2) is 30.3 Å². The van der Waals surface area contributed by atoms with E-state index in [4.69, 9.17) is 4.74 Å². The monoisotopic (exact) mass is 491 g/mol. The molecule has 0 radical (unpaired) electrons. The van der Waals surface area contributed by atoms with Gasteiger partial charge >= 0.3 is 0 Å². The highest BCUT2D eigenvalue weighted by Crippen LogP contribution is 2.41. The first-order chi connectivity index (χ1) is 17.6. The van der Waals surface area contributed by atoms with E-state index in [1.165, 1.54) is 89.7 Å². The third kappa shape index (κ3) is 7.58. The molecule has 0 atom stereocenters. The average Bonchev–Trinajstić information content (AvgIpc) is 2.91. The Kier molecular flexibility index (Phi) is 11.8. The molecule has 0 heterocycles. The lowest BCUT2D eigenvalue weighted by Gasteiger charge is -2.29. The first-order valence-electron chi connectivity index (χ1n) is 14.5. The molecule has 2 aromatic rings. The van der Waals surface area contributed by atoms with E-state index in [0.29, 0.717) is 22.6 Å². The van der Waals surface area contributed by atoms with Gasteiger partial charge in [0.2, 0.25) is 0 Å². The second-order valence-corrected chi connectivity index (χ2v) is 10.8. The summed E-state index contributed by atoms with van der Waals surface area (Å²) in [5, 5.41) is 9.95. The molecule has 0 aliphatic heterocycles. The number of benzene rings is 2.